The lowest BCUT2D eigenvalue weighted by Crippen LogP contribution is -2.40. The third-order valence-electron chi connectivity index (χ3n) is 7.25. The van der Waals surface area contributed by atoms with Crippen LogP contribution in [0.2, 0.25) is 0 Å². The van der Waals surface area contributed by atoms with E-state index in [1.807, 2.05) is 29.2 Å². The normalized spacial score (nSPS) is 18.4. The topological polar surface area (TPSA) is 114 Å². The summed E-state index contributed by atoms with van der Waals surface area (Å²) >= 11 is 1.66. The fourth-order valence-corrected chi connectivity index (χ4v) is 6.04. The molecule has 2 heterocycles. The van der Waals surface area contributed by atoms with E-state index in [4.69, 9.17) is 10.4 Å². The smallest absolute Gasteiger partial charge is 0.262 e. The van der Waals surface area contributed by atoms with Gasteiger partial charge < -0.3 is 25.3 Å². The first-order chi connectivity index (χ1) is 18.0. The van der Waals surface area contributed by atoms with Crippen LogP contribution in [0.3, 0.4) is 0 Å². The fourth-order valence-electron chi connectivity index (χ4n) is 5.21. The number of likely N-dealkylation sites (tertiary alicyclic amines) is 1. The molecule has 1 amide bonds. The third-order valence-corrected chi connectivity index (χ3v) is 8.13. The number of benzene rings is 1. The van der Waals surface area contributed by atoms with Crippen LogP contribution in [-0.4, -0.2) is 51.4 Å². The van der Waals surface area contributed by atoms with Crippen molar-refractivity contribution in [2.24, 2.45) is 0 Å². The van der Waals surface area contributed by atoms with Gasteiger partial charge >= 0.3 is 0 Å². The van der Waals surface area contributed by atoms with E-state index in [-0.39, 0.29) is 29.1 Å². The van der Waals surface area contributed by atoms with E-state index in [9.17, 15) is 9.59 Å². The Morgan fingerprint density at radius 2 is 2.03 bits per heavy atom. The van der Waals surface area contributed by atoms with Crippen molar-refractivity contribution in [3.05, 3.63) is 51.6 Å². The van der Waals surface area contributed by atoms with Crippen molar-refractivity contribution in [3.63, 3.8) is 0 Å². The molecular formula is C28H40N6O2S. The molecule has 2 fully saturated rings. The maximum atomic E-state index is 13.4. The average molecular weight is 525 g/mol. The monoisotopic (exact) mass is 524 g/mol. The summed E-state index contributed by atoms with van der Waals surface area (Å²) in [5.41, 5.74) is 1.85. The van der Waals surface area contributed by atoms with Crippen LogP contribution in [0.5, 0.6) is 0 Å². The standard InChI is InChI=1S/C28H40N6O2S/c1-3-4-16-37-33-23-14-8-10-20(17-23)28(36)34-15-9-11-21(18-34)25-31-26(24(19(2)29)27(35)32-25)30-22-12-6-5-7-13-22/h8,10,14,17,21-22,29,33H,3-7,9,11-13,15-16,18H2,1-2H3,(H2,30,31,32,35). The van der Waals surface area contributed by atoms with Crippen molar-refractivity contribution in [1.82, 2.24) is 14.9 Å². The molecular weight excluding hydrogens is 484 g/mol. The number of amides is 1. The van der Waals surface area contributed by atoms with Gasteiger partial charge in [-0.1, -0.05) is 50.6 Å². The minimum Gasteiger partial charge on any atom is -0.367 e. The summed E-state index contributed by atoms with van der Waals surface area (Å²) in [6.07, 6.45) is 9.70. The van der Waals surface area contributed by atoms with E-state index in [0.29, 0.717) is 35.9 Å². The van der Waals surface area contributed by atoms with Crippen LogP contribution in [0, 0.1) is 5.41 Å². The number of piperidine rings is 1. The summed E-state index contributed by atoms with van der Waals surface area (Å²) in [7, 11) is 0. The molecule has 8 nitrogen and oxygen atoms in total. The van der Waals surface area contributed by atoms with E-state index in [1.54, 1.807) is 18.9 Å². The first-order valence-electron chi connectivity index (χ1n) is 13.7. The predicted octanol–water partition coefficient (Wildman–Crippen LogP) is 5.78. The highest BCUT2D eigenvalue weighted by Gasteiger charge is 2.29. The number of nitrogens with zero attached hydrogens (tertiary/aromatic N) is 2. The maximum Gasteiger partial charge on any atom is 0.262 e. The van der Waals surface area contributed by atoms with Crippen LogP contribution < -0.4 is 15.6 Å². The molecule has 1 aliphatic carbocycles. The van der Waals surface area contributed by atoms with E-state index < -0.39 is 0 Å². The Kier molecular flexibility index (Phi) is 9.66. The number of nitrogens with one attached hydrogen (secondary N) is 4. The highest BCUT2D eigenvalue weighted by Crippen LogP contribution is 2.28. The van der Waals surface area contributed by atoms with Gasteiger partial charge in [0.1, 0.15) is 17.2 Å². The van der Waals surface area contributed by atoms with Crippen LogP contribution >= 0.6 is 11.9 Å². The van der Waals surface area contributed by atoms with Crippen LogP contribution in [0.4, 0.5) is 11.5 Å². The summed E-state index contributed by atoms with van der Waals surface area (Å²) in [4.78, 5) is 36.1. The molecule has 1 atom stereocenters. The zero-order chi connectivity index (χ0) is 26.2. The van der Waals surface area contributed by atoms with Crippen molar-refractivity contribution < 1.29 is 4.79 Å². The van der Waals surface area contributed by atoms with Crippen LogP contribution in [-0.2, 0) is 0 Å². The predicted molar refractivity (Wildman–Crippen MR) is 153 cm³/mol. The second-order valence-electron chi connectivity index (χ2n) is 10.3. The molecule has 0 spiro atoms. The Bertz CT molecular complexity index is 1140. The minimum absolute atomic E-state index is 0.00163. The quantitative estimate of drug-likeness (QED) is 0.178. The zero-order valence-corrected chi connectivity index (χ0v) is 22.9. The van der Waals surface area contributed by atoms with Crippen molar-refractivity contribution in [1.29, 1.82) is 5.41 Å². The van der Waals surface area contributed by atoms with Crippen molar-refractivity contribution in [3.8, 4) is 0 Å². The molecule has 1 aliphatic heterocycles. The molecule has 1 unspecified atom stereocenters. The number of aromatic amines is 1. The lowest BCUT2D eigenvalue weighted by Gasteiger charge is -2.33. The van der Waals surface area contributed by atoms with Gasteiger partial charge in [-0.15, -0.1) is 0 Å². The summed E-state index contributed by atoms with van der Waals surface area (Å²) in [6.45, 7) is 5.00. The summed E-state index contributed by atoms with van der Waals surface area (Å²) in [5, 5.41) is 11.6. The van der Waals surface area contributed by atoms with Crippen molar-refractivity contribution >= 4 is 35.1 Å². The number of anilines is 2. The second-order valence-corrected chi connectivity index (χ2v) is 11.2. The first kappa shape index (κ1) is 27.2. The number of hydrogen-bond acceptors (Lipinski definition) is 7. The number of H-pyrrole nitrogens is 1. The lowest BCUT2D eigenvalue weighted by molar-refractivity contribution is 0.0704. The van der Waals surface area contributed by atoms with Crippen LogP contribution in [0.25, 0.3) is 0 Å². The molecule has 37 heavy (non-hydrogen) atoms. The Morgan fingerprint density at radius 3 is 2.78 bits per heavy atom. The third kappa shape index (κ3) is 7.15. The molecule has 2 aromatic rings. The van der Waals surface area contributed by atoms with Gasteiger partial charge in [-0.25, -0.2) is 4.98 Å². The summed E-state index contributed by atoms with van der Waals surface area (Å²) < 4.78 is 3.34. The number of carbonyl (C=O) groups is 1. The van der Waals surface area contributed by atoms with Gasteiger partial charge in [0.25, 0.3) is 11.5 Å². The Hall–Kier alpha value is -2.81. The number of unbranched alkanes of at least 4 members (excludes halogenated alkanes) is 1. The Labute approximate surface area is 224 Å². The molecule has 0 bridgehead atoms. The Morgan fingerprint density at radius 1 is 1.22 bits per heavy atom. The van der Waals surface area contributed by atoms with Crippen molar-refractivity contribution in [2.45, 2.75) is 83.6 Å². The van der Waals surface area contributed by atoms with E-state index >= 15 is 0 Å². The van der Waals surface area contributed by atoms with E-state index in [1.165, 1.54) is 19.3 Å². The fraction of sp³-hybridized carbons (Fsp3) is 0.571. The van der Waals surface area contributed by atoms with Gasteiger partial charge in [-0.3, -0.25) is 9.59 Å². The molecule has 0 radical (unpaired) electrons. The van der Waals surface area contributed by atoms with Crippen LogP contribution in [0.1, 0.15) is 99.3 Å². The molecule has 1 saturated carbocycles. The molecule has 4 N–H and O–H groups in total. The average Bonchev–Trinajstić information content (AvgIpc) is 2.91. The molecule has 2 aliphatic rings. The first-order valence-corrected chi connectivity index (χ1v) is 14.7. The van der Waals surface area contributed by atoms with Gasteiger partial charge in [0.2, 0.25) is 0 Å². The Balaban J connectivity index is 1.49. The highest BCUT2D eigenvalue weighted by molar-refractivity contribution is 8.00. The van der Waals surface area contributed by atoms with Crippen molar-refractivity contribution in [2.75, 3.05) is 28.9 Å². The summed E-state index contributed by atoms with van der Waals surface area (Å²) in [5.74, 6) is 2.10. The number of aromatic nitrogens is 2. The summed E-state index contributed by atoms with van der Waals surface area (Å²) in [6, 6.07) is 7.95. The van der Waals surface area contributed by atoms with Crippen LogP contribution in [0.15, 0.2) is 29.1 Å². The van der Waals surface area contributed by atoms with Gasteiger partial charge in [0.15, 0.2) is 0 Å². The number of hydrogen-bond donors (Lipinski definition) is 4. The van der Waals surface area contributed by atoms with E-state index in [0.717, 1.165) is 50.0 Å². The maximum absolute atomic E-state index is 13.4. The SMILES string of the molecule is CCCCSNc1cccc(C(=O)N2CCCC(c3nc(NC4CCCCC4)c(C(C)=N)c(=O)[nH]3)C2)c1. The molecule has 1 aromatic heterocycles. The minimum atomic E-state index is -0.279. The zero-order valence-electron chi connectivity index (χ0n) is 22.1. The molecule has 1 saturated heterocycles. The molecule has 9 heteroatoms. The molecule has 1 aromatic carbocycles. The van der Waals surface area contributed by atoms with Gasteiger partial charge in [0.05, 0.1) is 0 Å². The lowest BCUT2D eigenvalue weighted by atomic mass is 9.95. The van der Waals surface area contributed by atoms with Gasteiger partial charge in [-0.2, -0.15) is 0 Å². The van der Waals surface area contributed by atoms with E-state index in [2.05, 4.69) is 21.9 Å². The molecule has 200 valence electrons. The number of carbonyl (C=O) groups excluding carboxylic acids is 1. The highest BCUT2D eigenvalue weighted by atomic mass is 32.2. The van der Waals surface area contributed by atoms with Gasteiger partial charge in [0, 0.05) is 47.8 Å². The second kappa shape index (κ2) is 13.1. The molecule has 4 rings (SSSR count). The number of rotatable bonds is 10. The largest absolute Gasteiger partial charge is 0.367 e. The van der Waals surface area contributed by atoms with Gasteiger partial charge in [-0.05, 0) is 57.2 Å².